The van der Waals surface area contributed by atoms with Gasteiger partial charge in [-0.15, -0.1) is 0 Å². The molecule has 1 aromatic carbocycles. The highest BCUT2D eigenvalue weighted by Gasteiger charge is 2.28. The number of halogens is 1. The van der Waals surface area contributed by atoms with Gasteiger partial charge < -0.3 is 14.8 Å². The summed E-state index contributed by atoms with van der Waals surface area (Å²) >= 11 is 5.96. The van der Waals surface area contributed by atoms with Crippen molar-refractivity contribution in [2.45, 2.75) is 26.8 Å². The van der Waals surface area contributed by atoms with Crippen LogP contribution < -0.4 is 5.32 Å². The molecule has 0 radical (unpaired) electrons. The molecule has 0 aliphatic heterocycles. The first-order valence-electron chi connectivity index (χ1n) is 7.13. The predicted molar refractivity (Wildman–Crippen MR) is 86.5 cm³/mol. The fourth-order valence-electron chi connectivity index (χ4n) is 2.23. The topological polar surface area (TPSA) is 79.5 Å². The minimum absolute atomic E-state index is 0.144. The summed E-state index contributed by atoms with van der Waals surface area (Å²) in [7, 11) is 0. The smallest absolute Gasteiger partial charge is 0.371 e. The molecular weight excluding hydrogens is 318 g/mol. The van der Waals surface area contributed by atoms with Gasteiger partial charge in [-0.2, -0.15) is 0 Å². The van der Waals surface area contributed by atoms with Crippen LogP contribution in [0.15, 0.2) is 40.8 Å². The van der Waals surface area contributed by atoms with Crippen molar-refractivity contribution in [1.82, 2.24) is 5.32 Å². The normalized spacial score (nSPS) is 11.3. The second-order valence-electron chi connectivity index (χ2n) is 5.94. The summed E-state index contributed by atoms with van der Waals surface area (Å²) in [6, 6.07) is 10.3. The molecule has 0 bridgehead atoms. The summed E-state index contributed by atoms with van der Waals surface area (Å²) in [5.41, 5.74) is 0.344. The molecule has 0 unspecified atom stereocenters. The molecule has 1 amide bonds. The molecule has 0 fully saturated rings. The van der Waals surface area contributed by atoms with Gasteiger partial charge in [0.25, 0.3) is 0 Å². The number of aromatic carboxylic acids is 1. The molecule has 0 aliphatic rings. The summed E-state index contributed by atoms with van der Waals surface area (Å²) in [5.74, 6) is -1.03. The average molecular weight is 336 g/mol. The highest BCUT2D eigenvalue weighted by Crippen LogP contribution is 2.24. The summed E-state index contributed by atoms with van der Waals surface area (Å²) in [6.45, 7) is 3.83. The number of furan rings is 1. The van der Waals surface area contributed by atoms with Crippen molar-refractivity contribution in [3.8, 4) is 0 Å². The molecular formula is C17H18ClNO4. The Morgan fingerprint density at radius 1 is 1.26 bits per heavy atom. The van der Waals surface area contributed by atoms with Crippen LogP contribution in [0.2, 0.25) is 5.02 Å². The number of nitrogens with one attached hydrogen (secondary N) is 1. The molecule has 2 N–H and O–H groups in total. The molecule has 0 spiro atoms. The Morgan fingerprint density at radius 3 is 2.61 bits per heavy atom. The van der Waals surface area contributed by atoms with Gasteiger partial charge >= 0.3 is 5.97 Å². The lowest BCUT2D eigenvalue weighted by molar-refractivity contribution is -0.129. The van der Waals surface area contributed by atoms with E-state index in [1.165, 1.54) is 12.1 Å². The number of carboxylic acids is 1. The number of benzene rings is 1. The van der Waals surface area contributed by atoms with Crippen LogP contribution in [0.1, 0.15) is 35.7 Å². The van der Waals surface area contributed by atoms with E-state index in [0.717, 1.165) is 5.56 Å². The third-order valence-corrected chi connectivity index (χ3v) is 3.68. The van der Waals surface area contributed by atoms with Gasteiger partial charge in [0, 0.05) is 10.4 Å². The van der Waals surface area contributed by atoms with Crippen LogP contribution in [0.25, 0.3) is 0 Å². The number of hydrogen-bond acceptors (Lipinski definition) is 3. The van der Waals surface area contributed by atoms with Crippen LogP contribution in [0, 0.1) is 5.41 Å². The Labute approximate surface area is 139 Å². The number of carbonyl (C=O) groups excluding carboxylic acids is 1. The van der Waals surface area contributed by atoms with E-state index in [4.69, 9.17) is 21.1 Å². The zero-order valence-corrected chi connectivity index (χ0v) is 13.7. The maximum absolute atomic E-state index is 12.4. The fraction of sp³-hybridized carbons (Fsp3) is 0.294. The SMILES string of the molecule is CC(C)(Cc1cccc(Cl)c1)C(=O)NCc1ccc(C(=O)O)o1. The van der Waals surface area contributed by atoms with Gasteiger partial charge in [-0.25, -0.2) is 4.79 Å². The van der Waals surface area contributed by atoms with Crippen molar-refractivity contribution in [2.75, 3.05) is 0 Å². The number of rotatable bonds is 6. The monoisotopic (exact) mass is 335 g/mol. The lowest BCUT2D eigenvalue weighted by atomic mass is 9.85. The van der Waals surface area contributed by atoms with Gasteiger partial charge in [0.1, 0.15) is 5.76 Å². The molecule has 2 rings (SSSR count). The Morgan fingerprint density at radius 2 is 2.00 bits per heavy atom. The van der Waals surface area contributed by atoms with Gasteiger partial charge in [0.15, 0.2) is 0 Å². The second kappa shape index (κ2) is 6.87. The second-order valence-corrected chi connectivity index (χ2v) is 6.38. The number of amides is 1. The van der Waals surface area contributed by atoms with Crippen molar-refractivity contribution in [3.05, 3.63) is 58.5 Å². The van der Waals surface area contributed by atoms with Gasteiger partial charge in [0.2, 0.25) is 11.7 Å². The van der Waals surface area contributed by atoms with Gasteiger partial charge in [-0.05, 0) is 36.2 Å². The molecule has 0 saturated carbocycles. The molecule has 122 valence electrons. The van der Waals surface area contributed by atoms with Gasteiger partial charge in [-0.3, -0.25) is 4.79 Å². The van der Waals surface area contributed by atoms with E-state index in [2.05, 4.69) is 5.32 Å². The number of carboxylic acid groups (broad SMARTS) is 1. The highest BCUT2D eigenvalue weighted by atomic mass is 35.5. The van der Waals surface area contributed by atoms with Crippen molar-refractivity contribution in [3.63, 3.8) is 0 Å². The standard InChI is InChI=1S/C17H18ClNO4/c1-17(2,9-11-4-3-5-12(18)8-11)16(22)19-10-13-6-7-14(23-13)15(20)21/h3-8H,9-10H2,1-2H3,(H,19,22)(H,20,21). The van der Waals surface area contributed by atoms with Crippen LogP contribution in [-0.2, 0) is 17.8 Å². The zero-order valence-electron chi connectivity index (χ0n) is 12.9. The lowest BCUT2D eigenvalue weighted by Crippen LogP contribution is -2.37. The van der Waals surface area contributed by atoms with Crippen LogP contribution in [-0.4, -0.2) is 17.0 Å². The zero-order chi connectivity index (χ0) is 17.0. The van der Waals surface area contributed by atoms with Gasteiger partial charge in [-0.1, -0.05) is 37.6 Å². The summed E-state index contributed by atoms with van der Waals surface area (Å²) in [5, 5.41) is 12.2. The van der Waals surface area contributed by atoms with Crippen molar-refractivity contribution >= 4 is 23.5 Å². The minimum atomic E-state index is -1.14. The van der Waals surface area contributed by atoms with Crippen molar-refractivity contribution in [1.29, 1.82) is 0 Å². The fourth-order valence-corrected chi connectivity index (χ4v) is 2.44. The largest absolute Gasteiger partial charge is 0.475 e. The van der Waals surface area contributed by atoms with E-state index in [0.29, 0.717) is 17.2 Å². The lowest BCUT2D eigenvalue weighted by Gasteiger charge is -2.23. The molecule has 6 heteroatoms. The van der Waals surface area contributed by atoms with E-state index in [9.17, 15) is 9.59 Å². The maximum atomic E-state index is 12.4. The summed E-state index contributed by atoms with van der Waals surface area (Å²) < 4.78 is 5.11. The van der Waals surface area contributed by atoms with E-state index in [1.807, 2.05) is 32.0 Å². The summed E-state index contributed by atoms with van der Waals surface area (Å²) in [6.07, 6.45) is 0.540. The molecule has 0 atom stereocenters. The Bertz CT molecular complexity index is 721. The van der Waals surface area contributed by atoms with Crippen molar-refractivity contribution < 1.29 is 19.1 Å². The third-order valence-electron chi connectivity index (χ3n) is 3.45. The quantitative estimate of drug-likeness (QED) is 0.846. The van der Waals surface area contributed by atoms with E-state index < -0.39 is 11.4 Å². The molecule has 1 aromatic heterocycles. The van der Waals surface area contributed by atoms with Gasteiger partial charge in [0.05, 0.1) is 6.54 Å². The maximum Gasteiger partial charge on any atom is 0.371 e. The van der Waals surface area contributed by atoms with E-state index in [-0.39, 0.29) is 18.2 Å². The average Bonchev–Trinajstić information content (AvgIpc) is 2.93. The molecule has 1 heterocycles. The number of carbonyl (C=O) groups is 2. The molecule has 0 aliphatic carbocycles. The van der Waals surface area contributed by atoms with Crippen LogP contribution in [0.4, 0.5) is 0 Å². The van der Waals surface area contributed by atoms with Crippen LogP contribution in [0.5, 0.6) is 0 Å². The third kappa shape index (κ3) is 4.60. The Balaban J connectivity index is 1.96. The molecule has 2 aromatic rings. The van der Waals surface area contributed by atoms with Crippen LogP contribution in [0.3, 0.4) is 0 Å². The molecule has 0 saturated heterocycles. The predicted octanol–water partition coefficient (Wildman–Crippen LogP) is 3.52. The van der Waals surface area contributed by atoms with E-state index in [1.54, 1.807) is 6.07 Å². The number of hydrogen-bond donors (Lipinski definition) is 2. The first kappa shape index (κ1) is 17.1. The Kier molecular flexibility index (Phi) is 5.11. The first-order chi connectivity index (χ1) is 10.8. The molecule has 23 heavy (non-hydrogen) atoms. The van der Waals surface area contributed by atoms with Crippen molar-refractivity contribution in [2.24, 2.45) is 5.41 Å². The minimum Gasteiger partial charge on any atom is -0.475 e. The Hall–Kier alpha value is -2.27. The van der Waals surface area contributed by atoms with Crippen LogP contribution >= 0.6 is 11.6 Å². The first-order valence-corrected chi connectivity index (χ1v) is 7.50. The van der Waals surface area contributed by atoms with E-state index >= 15 is 0 Å². The summed E-state index contributed by atoms with van der Waals surface area (Å²) in [4.78, 5) is 23.1. The molecule has 5 nitrogen and oxygen atoms in total. The highest BCUT2D eigenvalue weighted by molar-refractivity contribution is 6.30.